The Kier molecular flexibility index (Phi) is 9.08. The van der Waals surface area contributed by atoms with Gasteiger partial charge in [0.15, 0.2) is 5.78 Å². The number of H-pyrrole nitrogens is 1. The Balaban J connectivity index is 0.00000272. The van der Waals surface area contributed by atoms with E-state index in [2.05, 4.69) is 46.2 Å². The summed E-state index contributed by atoms with van der Waals surface area (Å²) in [5.74, 6) is -0.746. The minimum atomic E-state index is -4.60. The number of nitrogens with one attached hydrogen (secondary N) is 2. The molecule has 0 unspecified atom stereocenters. The number of phosphoric acid groups is 1. The van der Waals surface area contributed by atoms with E-state index in [0.717, 1.165) is 9.27 Å². The average Bonchev–Trinajstić information content (AvgIpc) is 3.30. The van der Waals surface area contributed by atoms with Crippen LogP contribution in [0.2, 0.25) is 0 Å². The summed E-state index contributed by atoms with van der Waals surface area (Å²) >= 11 is 3.33. The molecule has 12 nitrogen and oxygen atoms in total. The molecular formula is C17H19BrN6NaO6P. The molecule has 0 aliphatic rings. The molecule has 2 heterocycles. The predicted molar refractivity (Wildman–Crippen MR) is 112 cm³/mol. The van der Waals surface area contributed by atoms with E-state index < -0.39 is 13.7 Å². The van der Waals surface area contributed by atoms with Crippen LogP contribution >= 0.6 is 23.8 Å². The number of carbonyl (C=O) groups is 2. The Labute approximate surface area is 214 Å². The van der Waals surface area contributed by atoms with Crippen molar-refractivity contribution >= 4 is 35.4 Å². The number of halogens is 1. The number of ketones is 1. The molecule has 1 amide bonds. The number of tetrazole rings is 1. The first-order valence-corrected chi connectivity index (χ1v) is 11.2. The van der Waals surface area contributed by atoms with Crippen LogP contribution in [0.1, 0.15) is 33.4 Å². The molecule has 1 aromatic carbocycles. The molecule has 0 fully saturated rings. The molecule has 3 rings (SSSR count). The summed E-state index contributed by atoms with van der Waals surface area (Å²) in [5, 5.41) is 14.3. The van der Waals surface area contributed by atoms with Gasteiger partial charge in [-0.1, -0.05) is 28.1 Å². The fraction of sp³-hybridized carbons (Fsp3) is 0.235. The number of phosphoric ester groups is 1. The molecule has 32 heavy (non-hydrogen) atoms. The maximum atomic E-state index is 13.2. The predicted octanol–water partition coefficient (Wildman–Crippen LogP) is -1.44. The number of benzene rings is 1. The monoisotopic (exact) mass is 536 g/mol. The number of aromatic amines is 1. The largest absolute Gasteiger partial charge is 1.00 e. The molecule has 4 N–H and O–H groups in total. The number of hydrogen-bond acceptors (Lipinski definition) is 7. The minimum Gasteiger partial charge on any atom is -1.00 e. The molecule has 166 valence electrons. The van der Waals surface area contributed by atoms with Crippen LogP contribution < -0.4 is 34.9 Å². The standard InChI is InChI=1S/C17H18BrN6O6P.Na.H/c1-9-12(15(25)10-4-3-5-11(18)8-10)14(17(26)19-2)20-13(9)16-21-23-24(22-16)6-7-30-31(27,28)29;;/h3-5,8,20H,6-7H2,1-2H3,(H,19,26)(H2,27,28,29);;/q;+1;-1. The van der Waals surface area contributed by atoms with E-state index in [4.69, 9.17) is 9.79 Å². The second kappa shape index (κ2) is 10.9. The van der Waals surface area contributed by atoms with Crippen LogP contribution in [-0.2, 0) is 15.6 Å². The van der Waals surface area contributed by atoms with Crippen molar-refractivity contribution in [1.82, 2.24) is 30.5 Å². The fourth-order valence-corrected chi connectivity index (χ4v) is 3.57. The average molecular weight is 537 g/mol. The number of carbonyl (C=O) groups excluding carboxylic acids is 2. The van der Waals surface area contributed by atoms with Crippen LogP contribution in [0.25, 0.3) is 11.5 Å². The molecule has 3 aromatic rings. The van der Waals surface area contributed by atoms with Crippen LogP contribution in [0.15, 0.2) is 28.7 Å². The molecule has 0 radical (unpaired) electrons. The van der Waals surface area contributed by atoms with Gasteiger partial charge in [-0.2, -0.15) is 4.80 Å². The first-order chi connectivity index (χ1) is 14.6. The van der Waals surface area contributed by atoms with Gasteiger partial charge < -0.3 is 21.5 Å². The van der Waals surface area contributed by atoms with Gasteiger partial charge in [-0.05, 0) is 29.8 Å². The van der Waals surface area contributed by atoms with Crippen LogP contribution in [-0.4, -0.2) is 60.3 Å². The van der Waals surface area contributed by atoms with Gasteiger partial charge in [0.25, 0.3) is 5.91 Å². The van der Waals surface area contributed by atoms with Gasteiger partial charge in [0, 0.05) is 17.1 Å². The van der Waals surface area contributed by atoms with E-state index in [9.17, 15) is 14.2 Å². The van der Waals surface area contributed by atoms with Gasteiger partial charge in [0.1, 0.15) is 5.69 Å². The zero-order valence-corrected chi connectivity index (χ0v) is 21.8. The van der Waals surface area contributed by atoms with Crippen LogP contribution in [0.4, 0.5) is 0 Å². The topological polar surface area (TPSA) is 172 Å². The number of rotatable bonds is 8. The van der Waals surface area contributed by atoms with E-state index in [0.29, 0.717) is 16.8 Å². The van der Waals surface area contributed by atoms with Gasteiger partial charge in [-0.15, -0.1) is 10.2 Å². The number of hydrogen-bond donors (Lipinski definition) is 4. The van der Waals surface area contributed by atoms with E-state index >= 15 is 0 Å². The summed E-state index contributed by atoms with van der Waals surface area (Å²) in [4.78, 5) is 47.0. The summed E-state index contributed by atoms with van der Waals surface area (Å²) in [7, 11) is -3.16. The van der Waals surface area contributed by atoms with Gasteiger partial charge in [0.05, 0.1) is 24.4 Å². The molecule has 0 saturated heterocycles. The summed E-state index contributed by atoms with van der Waals surface area (Å²) in [6.07, 6.45) is 0. The van der Waals surface area contributed by atoms with Crippen molar-refractivity contribution in [1.29, 1.82) is 0 Å². The Morgan fingerprint density at radius 2 is 2.09 bits per heavy atom. The van der Waals surface area contributed by atoms with Gasteiger partial charge in [-0.3, -0.25) is 14.1 Å². The van der Waals surface area contributed by atoms with Crippen molar-refractivity contribution < 1.29 is 59.4 Å². The Morgan fingerprint density at radius 1 is 1.38 bits per heavy atom. The number of nitrogens with zero attached hydrogens (tertiary/aromatic N) is 4. The fourth-order valence-electron chi connectivity index (χ4n) is 2.85. The molecule has 0 spiro atoms. The van der Waals surface area contributed by atoms with Gasteiger partial charge in [0.2, 0.25) is 5.82 Å². The van der Waals surface area contributed by atoms with Crippen molar-refractivity contribution in [3.8, 4) is 11.5 Å². The molecule has 15 heteroatoms. The molecule has 0 saturated carbocycles. The third-order valence-electron chi connectivity index (χ3n) is 4.25. The van der Waals surface area contributed by atoms with Crippen molar-refractivity contribution in [2.24, 2.45) is 0 Å². The first-order valence-electron chi connectivity index (χ1n) is 8.84. The van der Waals surface area contributed by atoms with E-state index in [-0.39, 0.29) is 67.0 Å². The minimum absolute atomic E-state index is 0. The third kappa shape index (κ3) is 6.21. The SMILES string of the molecule is CNC(=O)c1[nH]c(-c2nnn(CCOP(=O)(O)O)n2)c(C)c1C(=O)c1cccc(Br)c1.[H-].[Na+]. The van der Waals surface area contributed by atoms with Crippen molar-refractivity contribution in [2.45, 2.75) is 13.5 Å². The maximum Gasteiger partial charge on any atom is 1.00 e. The molecule has 0 aliphatic carbocycles. The van der Waals surface area contributed by atoms with Gasteiger partial charge in [-0.25, -0.2) is 4.57 Å². The summed E-state index contributed by atoms with van der Waals surface area (Å²) < 4.78 is 15.8. The Hall–Kier alpha value is -1.70. The van der Waals surface area contributed by atoms with Crippen LogP contribution in [0.5, 0.6) is 0 Å². The van der Waals surface area contributed by atoms with E-state index in [1.54, 1.807) is 31.2 Å². The van der Waals surface area contributed by atoms with Crippen molar-refractivity contribution in [3.63, 3.8) is 0 Å². The van der Waals surface area contributed by atoms with E-state index in [1.807, 2.05) is 0 Å². The number of amides is 1. The van der Waals surface area contributed by atoms with Crippen molar-refractivity contribution in [3.05, 3.63) is 51.1 Å². The summed E-state index contributed by atoms with van der Waals surface area (Å²) in [6, 6.07) is 6.79. The molecule has 2 aromatic heterocycles. The zero-order chi connectivity index (χ0) is 22.8. The normalized spacial score (nSPS) is 11.2. The summed E-state index contributed by atoms with van der Waals surface area (Å²) in [6.45, 7) is 1.25. The van der Waals surface area contributed by atoms with Crippen molar-refractivity contribution in [2.75, 3.05) is 13.7 Å². The van der Waals surface area contributed by atoms with E-state index in [1.165, 1.54) is 7.05 Å². The second-order valence-corrected chi connectivity index (χ2v) is 8.48. The van der Waals surface area contributed by atoms with Crippen LogP contribution in [0, 0.1) is 6.92 Å². The smallest absolute Gasteiger partial charge is 1.00 e. The maximum absolute atomic E-state index is 13.2. The first kappa shape index (κ1) is 26.6. The number of aromatic nitrogens is 5. The third-order valence-corrected chi connectivity index (χ3v) is 5.26. The molecule has 0 atom stereocenters. The molecule has 0 bridgehead atoms. The summed E-state index contributed by atoms with van der Waals surface area (Å²) in [5.41, 5.74) is 1.39. The molecule has 0 aliphatic heterocycles. The Bertz CT molecular complexity index is 1200. The van der Waals surface area contributed by atoms with Gasteiger partial charge >= 0.3 is 37.4 Å². The quantitative estimate of drug-likeness (QED) is 0.153. The Morgan fingerprint density at radius 3 is 2.72 bits per heavy atom. The molecular weight excluding hydrogens is 518 g/mol. The second-order valence-electron chi connectivity index (χ2n) is 6.33. The zero-order valence-electron chi connectivity index (χ0n) is 18.4. The van der Waals surface area contributed by atoms with Crippen LogP contribution in [0.3, 0.4) is 0 Å².